The zero-order valence-corrected chi connectivity index (χ0v) is 12.8. The summed E-state index contributed by atoms with van der Waals surface area (Å²) in [5, 5.41) is 4.26. The molecule has 4 aromatic rings. The van der Waals surface area contributed by atoms with E-state index < -0.39 is 0 Å². The lowest BCUT2D eigenvalue weighted by Gasteiger charge is -2.10. The molecule has 0 aliphatic rings. The summed E-state index contributed by atoms with van der Waals surface area (Å²) in [7, 11) is 0. The number of H-pyrrole nitrogens is 2. The maximum Gasteiger partial charge on any atom is 0.255 e. The molecule has 0 aliphatic carbocycles. The maximum absolute atomic E-state index is 12.3. The number of nitrogen functional groups attached to an aromatic ring is 1. The minimum Gasteiger partial charge on any atom is -0.397 e. The Morgan fingerprint density at radius 1 is 0.917 bits per heavy atom. The number of benzene rings is 2. The van der Waals surface area contributed by atoms with Crippen LogP contribution in [-0.2, 0) is 0 Å². The average Bonchev–Trinajstić information content (AvgIpc) is 3.07. The molecular weight excluding hydrogens is 300 g/mol. The largest absolute Gasteiger partial charge is 0.397 e. The van der Waals surface area contributed by atoms with Gasteiger partial charge in [-0.15, -0.1) is 0 Å². The second kappa shape index (κ2) is 5.62. The predicted molar refractivity (Wildman–Crippen MR) is 98.5 cm³/mol. The van der Waals surface area contributed by atoms with Gasteiger partial charge >= 0.3 is 0 Å². The van der Waals surface area contributed by atoms with Crippen LogP contribution in [0.3, 0.4) is 0 Å². The molecule has 4 rings (SSSR count). The van der Waals surface area contributed by atoms with Gasteiger partial charge in [0.25, 0.3) is 5.56 Å². The van der Waals surface area contributed by atoms with Crippen molar-refractivity contribution in [3.63, 3.8) is 0 Å². The number of para-hydroxylation sites is 2. The highest BCUT2D eigenvalue weighted by atomic mass is 16.1. The molecule has 0 spiro atoms. The summed E-state index contributed by atoms with van der Waals surface area (Å²) in [6.07, 6.45) is 3.52. The van der Waals surface area contributed by atoms with Gasteiger partial charge in [0.1, 0.15) is 0 Å². The van der Waals surface area contributed by atoms with Crippen LogP contribution in [0.5, 0.6) is 0 Å². The molecule has 0 radical (unpaired) electrons. The molecule has 5 nitrogen and oxygen atoms in total. The highest BCUT2D eigenvalue weighted by Gasteiger charge is 2.10. The highest BCUT2D eigenvalue weighted by Crippen LogP contribution is 2.28. The Morgan fingerprint density at radius 3 is 2.67 bits per heavy atom. The molecule has 5 heteroatoms. The summed E-state index contributed by atoms with van der Waals surface area (Å²) < 4.78 is 0. The zero-order valence-electron chi connectivity index (χ0n) is 12.8. The van der Waals surface area contributed by atoms with Crippen molar-refractivity contribution in [1.82, 2.24) is 9.97 Å². The van der Waals surface area contributed by atoms with Crippen LogP contribution in [0.25, 0.3) is 22.0 Å². The van der Waals surface area contributed by atoms with Crippen molar-refractivity contribution in [2.75, 3.05) is 11.1 Å². The Morgan fingerprint density at radius 2 is 1.79 bits per heavy atom. The minimum atomic E-state index is -0.129. The lowest BCUT2D eigenvalue weighted by molar-refractivity contribution is 1.24. The van der Waals surface area contributed by atoms with Gasteiger partial charge in [-0.1, -0.05) is 24.3 Å². The fourth-order valence-corrected chi connectivity index (χ4v) is 2.84. The number of aromatic nitrogens is 2. The van der Waals surface area contributed by atoms with Crippen molar-refractivity contribution < 1.29 is 0 Å². The zero-order chi connectivity index (χ0) is 16.5. The maximum atomic E-state index is 12.3. The third-order valence-electron chi connectivity index (χ3n) is 4.03. The number of fused-ring (bicyclic) bond motifs is 1. The Hall–Kier alpha value is -3.47. The van der Waals surface area contributed by atoms with E-state index in [4.69, 9.17) is 5.73 Å². The van der Waals surface area contributed by atoms with Crippen molar-refractivity contribution in [3.8, 4) is 11.1 Å². The average molecular weight is 316 g/mol. The van der Waals surface area contributed by atoms with Gasteiger partial charge in [-0.05, 0) is 35.9 Å². The highest BCUT2D eigenvalue weighted by molar-refractivity contribution is 5.95. The minimum absolute atomic E-state index is 0.129. The summed E-state index contributed by atoms with van der Waals surface area (Å²) in [6, 6.07) is 17.2. The molecular formula is C19H16N4O. The van der Waals surface area contributed by atoms with Gasteiger partial charge in [0, 0.05) is 28.9 Å². The molecule has 0 saturated carbocycles. The molecule has 0 aliphatic heterocycles. The summed E-state index contributed by atoms with van der Waals surface area (Å²) in [4.78, 5) is 18.3. The summed E-state index contributed by atoms with van der Waals surface area (Å²) in [5.74, 6) is 0. The van der Waals surface area contributed by atoms with Gasteiger partial charge in [0.2, 0.25) is 0 Å². The SMILES string of the molecule is Nc1ccccc1Nc1c[nH]c(=O)c(-c2cccc3[nH]ccc23)c1. The fourth-order valence-electron chi connectivity index (χ4n) is 2.84. The van der Waals surface area contributed by atoms with Crippen LogP contribution in [0.4, 0.5) is 17.1 Å². The molecule has 24 heavy (non-hydrogen) atoms. The number of nitrogens with one attached hydrogen (secondary N) is 3. The molecule has 2 aromatic carbocycles. The smallest absolute Gasteiger partial charge is 0.255 e. The van der Waals surface area contributed by atoms with Gasteiger partial charge in [-0.3, -0.25) is 4.79 Å². The van der Waals surface area contributed by atoms with Gasteiger partial charge in [-0.25, -0.2) is 0 Å². The van der Waals surface area contributed by atoms with E-state index in [1.165, 1.54) is 0 Å². The van der Waals surface area contributed by atoms with Crippen molar-refractivity contribution in [1.29, 1.82) is 0 Å². The lowest BCUT2D eigenvalue weighted by atomic mass is 10.0. The summed E-state index contributed by atoms with van der Waals surface area (Å²) in [6.45, 7) is 0. The van der Waals surface area contributed by atoms with E-state index >= 15 is 0 Å². The number of pyridine rings is 1. The Kier molecular flexibility index (Phi) is 3.31. The lowest BCUT2D eigenvalue weighted by Crippen LogP contribution is -2.09. The predicted octanol–water partition coefficient (Wildman–Crippen LogP) is 3.85. The van der Waals surface area contributed by atoms with Crippen LogP contribution in [0.1, 0.15) is 0 Å². The van der Waals surface area contributed by atoms with E-state index in [2.05, 4.69) is 15.3 Å². The number of aromatic amines is 2. The van der Waals surface area contributed by atoms with E-state index in [0.717, 1.165) is 27.8 Å². The molecule has 5 N–H and O–H groups in total. The van der Waals surface area contributed by atoms with Crippen LogP contribution in [0, 0.1) is 0 Å². The molecule has 0 fully saturated rings. The van der Waals surface area contributed by atoms with Crippen molar-refractivity contribution in [2.45, 2.75) is 0 Å². The standard InChI is InChI=1S/C19H16N4O/c20-16-5-1-2-6-18(16)23-12-10-15(19(24)22-11-12)13-4-3-7-17-14(13)8-9-21-17/h1-11,21,23H,20H2,(H,22,24). The number of hydrogen-bond donors (Lipinski definition) is 4. The number of nitrogens with two attached hydrogens (primary N) is 1. The third kappa shape index (κ3) is 2.42. The van der Waals surface area contributed by atoms with Crippen LogP contribution >= 0.6 is 0 Å². The normalized spacial score (nSPS) is 10.8. The van der Waals surface area contributed by atoms with Gasteiger partial charge in [0.05, 0.1) is 17.1 Å². The first-order valence-corrected chi connectivity index (χ1v) is 7.63. The van der Waals surface area contributed by atoms with E-state index in [1.807, 2.05) is 60.8 Å². The molecule has 118 valence electrons. The van der Waals surface area contributed by atoms with Crippen LogP contribution in [0.15, 0.2) is 71.8 Å². The number of rotatable bonds is 3. The van der Waals surface area contributed by atoms with E-state index in [0.29, 0.717) is 11.3 Å². The van der Waals surface area contributed by atoms with Crippen molar-refractivity contribution in [3.05, 3.63) is 77.3 Å². The summed E-state index contributed by atoms with van der Waals surface area (Å²) >= 11 is 0. The van der Waals surface area contributed by atoms with Crippen LogP contribution in [0.2, 0.25) is 0 Å². The first-order chi connectivity index (χ1) is 11.7. The second-order valence-corrected chi connectivity index (χ2v) is 5.59. The molecule has 0 bridgehead atoms. The quantitative estimate of drug-likeness (QED) is 0.433. The first-order valence-electron chi connectivity index (χ1n) is 7.63. The Bertz CT molecular complexity index is 1080. The Balaban J connectivity index is 1.81. The van der Waals surface area contributed by atoms with Gasteiger partial charge < -0.3 is 21.0 Å². The van der Waals surface area contributed by atoms with Crippen molar-refractivity contribution in [2.24, 2.45) is 0 Å². The number of hydrogen-bond acceptors (Lipinski definition) is 3. The molecule has 0 amide bonds. The van der Waals surface area contributed by atoms with Crippen LogP contribution in [-0.4, -0.2) is 9.97 Å². The Labute approximate surface area is 138 Å². The van der Waals surface area contributed by atoms with Crippen molar-refractivity contribution >= 4 is 28.0 Å². The van der Waals surface area contributed by atoms with E-state index in [1.54, 1.807) is 6.20 Å². The van der Waals surface area contributed by atoms with E-state index in [-0.39, 0.29) is 5.56 Å². The first kappa shape index (κ1) is 14.1. The van der Waals surface area contributed by atoms with Gasteiger partial charge in [0.15, 0.2) is 0 Å². The topological polar surface area (TPSA) is 86.7 Å². The monoisotopic (exact) mass is 316 g/mol. The number of anilines is 3. The molecule has 0 atom stereocenters. The third-order valence-corrected chi connectivity index (χ3v) is 4.03. The van der Waals surface area contributed by atoms with Crippen LogP contribution < -0.4 is 16.6 Å². The molecule has 0 unspecified atom stereocenters. The molecule has 2 heterocycles. The van der Waals surface area contributed by atoms with Gasteiger partial charge in [-0.2, -0.15) is 0 Å². The molecule has 2 aromatic heterocycles. The molecule has 0 saturated heterocycles. The second-order valence-electron chi connectivity index (χ2n) is 5.59. The summed E-state index contributed by atoms with van der Waals surface area (Å²) in [5.41, 5.74) is 10.6. The van der Waals surface area contributed by atoms with E-state index in [9.17, 15) is 4.79 Å². The fraction of sp³-hybridized carbons (Fsp3) is 0.